The Balaban J connectivity index is 0.000000317. The van der Waals surface area contributed by atoms with E-state index in [1.165, 1.54) is 24.7 Å². The third kappa shape index (κ3) is 6.22. The van der Waals surface area contributed by atoms with Crippen LogP contribution in [0.25, 0.3) is 0 Å². The summed E-state index contributed by atoms with van der Waals surface area (Å²) in [5, 5.41) is 11.7. The van der Waals surface area contributed by atoms with Gasteiger partial charge in [0.1, 0.15) is 0 Å². The highest BCUT2D eigenvalue weighted by Crippen LogP contribution is 2.47. The molecule has 1 atom stereocenters. The number of aromatic nitrogens is 2. The van der Waals surface area contributed by atoms with Crippen molar-refractivity contribution in [3.05, 3.63) is 82.4 Å². The van der Waals surface area contributed by atoms with E-state index in [4.69, 9.17) is 22.4 Å². The number of hydrogen-bond donors (Lipinski definition) is 4. The first-order valence-electron chi connectivity index (χ1n) is 11.9. The number of carbonyl (C=O) groups excluding carboxylic acids is 1. The van der Waals surface area contributed by atoms with Crippen molar-refractivity contribution in [2.75, 3.05) is 11.1 Å². The van der Waals surface area contributed by atoms with Crippen LogP contribution in [0.2, 0.25) is 5.02 Å². The maximum absolute atomic E-state index is 12.9. The van der Waals surface area contributed by atoms with Crippen LogP contribution in [0, 0.1) is 5.41 Å². The molecule has 200 valence electrons. The minimum Gasteiger partial charge on any atom is -0.476 e. The van der Waals surface area contributed by atoms with E-state index in [-0.39, 0.29) is 22.7 Å². The molecule has 1 saturated carbocycles. The Morgan fingerprint density at radius 2 is 1.92 bits per heavy atom. The second-order valence-corrected chi connectivity index (χ2v) is 12.4. The molecule has 0 bridgehead atoms. The minimum atomic E-state index is -3.65. The van der Waals surface area contributed by atoms with Gasteiger partial charge in [-0.25, -0.2) is 22.9 Å². The lowest BCUT2D eigenvalue weighted by Gasteiger charge is -2.42. The van der Waals surface area contributed by atoms with Gasteiger partial charge in [-0.05, 0) is 60.1 Å². The predicted molar refractivity (Wildman–Crippen MR) is 145 cm³/mol. The van der Waals surface area contributed by atoms with E-state index >= 15 is 0 Å². The van der Waals surface area contributed by atoms with Crippen LogP contribution >= 0.6 is 11.6 Å². The molecule has 1 unspecified atom stereocenters. The Kier molecular flexibility index (Phi) is 7.61. The number of fused-ring (bicyclic) bond motifs is 1. The van der Waals surface area contributed by atoms with Crippen LogP contribution in [0.15, 0.2) is 55.0 Å². The highest BCUT2D eigenvalue weighted by atomic mass is 35.5. The molecule has 0 saturated heterocycles. The summed E-state index contributed by atoms with van der Waals surface area (Å²) >= 11 is 6.27. The molecule has 1 aliphatic carbocycles. The van der Waals surface area contributed by atoms with Crippen molar-refractivity contribution < 1.29 is 23.1 Å². The summed E-state index contributed by atoms with van der Waals surface area (Å²) in [6.07, 6.45) is 5.80. The highest BCUT2D eigenvalue weighted by Gasteiger charge is 2.40. The minimum absolute atomic E-state index is 0.0301. The van der Waals surface area contributed by atoms with Crippen LogP contribution in [0.5, 0.6) is 0 Å². The van der Waals surface area contributed by atoms with Gasteiger partial charge in [0.15, 0.2) is 5.69 Å². The van der Waals surface area contributed by atoms with Crippen LogP contribution in [-0.4, -0.2) is 40.6 Å². The monoisotopic (exact) mass is 557 g/mol. The van der Waals surface area contributed by atoms with Gasteiger partial charge in [0.25, 0.3) is 5.91 Å². The molecule has 10 nitrogen and oxygen atoms in total. The third-order valence-corrected chi connectivity index (χ3v) is 8.41. The van der Waals surface area contributed by atoms with Gasteiger partial charge in [-0.1, -0.05) is 37.6 Å². The molecule has 12 heteroatoms. The summed E-state index contributed by atoms with van der Waals surface area (Å²) in [7, 11) is -3.65. The quantitative estimate of drug-likeness (QED) is 0.338. The van der Waals surface area contributed by atoms with Crippen LogP contribution in [-0.2, 0) is 16.4 Å². The van der Waals surface area contributed by atoms with E-state index in [0.29, 0.717) is 35.7 Å². The molecule has 5 N–H and O–H groups in total. The molecule has 1 aliphatic heterocycles. The number of benzene rings is 2. The zero-order chi connectivity index (χ0) is 27.7. The van der Waals surface area contributed by atoms with E-state index in [2.05, 4.69) is 33.9 Å². The standard InChI is InChI=1S/C21H24ClN3O3S.C5H4N2O2/c1-21(2)11-13-8-14(22)10-17(20(26)25-29(27,28)16-6-7-16)18(13)24-19(21)12-4-3-5-15(23)9-12;8-5(9)4-3-6-1-2-7-4/h3-5,8-10,16,19,24H,6-7,11,23H2,1-2H3,(H,25,26);1-3H,(H,8,9). The second kappa shape index (κ2) is 10.6. The predicted octanol–water partition coefficient (Wildman–Crippen LogP) is 4.05. The van der Waals surface area contributed by atoms with Gasteiger partial charge in [0.2, 0.25) is 10.0 Å². The highest BCUT2D eigenvalue weighted by molar-refractivity contribution is 7.91. The van der Waals surface area contributed by atoms with Crippen molar-refractivity contribution in [1.29, 1.82) is 0 Å². The van der Waals surface area contributed by atoms with Crippen molar-refractivity contribution >= 4 is 44.9 Å². The molecule has 1 aromatic heterocycles. The number of sulfonamides is 1. The van der Waals surface area contributed by atoms with Crippen LogP contribution < -0.4 is 15.8 Å². The summed E-state index contributed by atoms with van der Waals surface area (Å²) in [5.41, 5.74) is 9.17. The van der Waals surface area contributed by atoms with E-state index < -0.39 is 27.1 Å². The number of nitrogens with two attached hydrogens (primary N) is 1. The molecule has 0 radical (unpaired) electrons. The fraction of sp³-hybridized carbons (Fsp3) is 0.308. The lowest BCUT2D eigenvalue weighted by molar-refractivity contribution is 0.0689. The molecule has 5 rings (SSSR count). The van der Waals surface area contributed by atoms with E-state index in [0.717, 1.165) is 11.1 Å². The molecule has 0 spiro atoms. The zero-order valence-electron chi connectivity index (χ0n) is 20.8. The summed E-state index contributed by atoms with van der Waals surface area (Å²) in [5.74, 6) is -1.71. The number of carboxylic acid groups (broad SMARTS) is 1. The molecule has 2 aliphatic rings. The summed E-state index contributed by atoms with van der Waals surface area (Å²) in [4.78, 5) is 30.0. The van der Waals surface area contributed by atoms with Crippen LogP contribution in [0.4, 0.5) is 11.4 Å². The second-order valence-electron chi connectivity index (χ2n) is 9.97. The van der Waals surface area contributed by atoms with Gasteiger partial charge >= 0.3 is 5.97 Å². The number of carboxylic acids is 1. The largest absolute Gasteiger partial charge is 0.476 e. The van der Waals surface area contributed by atoms with E-state index in [9.17, 15) is 18.0 Å². The number of nitrogens with one attached hydrogen (secondary N) is 2. The number of rotatable bonds is 5. The van der Waals surface area contributed by atoms with Crippen molar-refractivity contribution in [3.63, 3.8) is 0 Å². The van der Waals surface area contributed by atoms with Gasteiger partial charge in [-0.2, -0.15) is 0 Å². The SMILES string of the molecule is CC1(C)Cc2cc(Cl)cc(C(=O)NS(=O)(=O)C3CC3)c2NC1c1cccc(N)c1.O=C(O)c1cnccn1. The first kappa shape index (κ1) is 27.3. The number of nitrogen functional groups attached to an aromatic ring is 1. The van der Waals surface area contributed by atoms with Crippen LogP contribution in [0.1, 0.15) is 64.7 Å². The van der Waals surface area contributed by atoms with Crippen LogP contribution in [0.3, 0.4) is 0 Å². The van der Waals surface area contributed by atoms with E-state index in [1.807, 2.05) is 30.3 Å². The number of hydrogen-bond acceptors (Lipinski definition) is 8. The summed E-state index contributed by atoms with van der Waals surface area (Å²) < 4.78 is 26.7. The molecule has 2 heterocycles. The Bertz CT molecular complexity index is 1480. The number of nitrogens with zero attached hydrogens (tertiary/aromatic N) is 2. The van der Waals surface area contributed by atoms with Gasteiger partial charge in [0.05, 0.1) is 28.7 Å². The molecule has 1 amide bonds. The summed E-state index contributed by atoms with van der Waals surface area (Å²) in [6.45, 7) is 4.27. The van der Waals surface area contributed by atoms with Gasteiger partial charge in [-0.3, -0.25) is 9.78 Å². The average molecular weight is 558 g/mol. The molecule has 2 aromatic carbocycles. The smallest absolute Gasteiger partial charge is 0.356 e. The Labute approximate surface area is 225 Å². The number of carbonyl (C=O) groups is 2. The van der Waals surface area contributed by atoms with E-state index in [1.54, 1.807) is 0 Å². The fourth-order valence-electron chi connectivity index (χ4n) is 4.41. The molecular formula is C26H28ClN5O5S. The zero-order valence-corrected chi connectivity index (χ0v) is 22.4. The number of halogens is 1. The number of aromatic carboxylic acids is 1. The first-order valence-corrected chi connectivity index (χ1v) is 13.8. The Hall–Kier alpha value is -3.70. The third-order valence-electron chi connectivity index (χ3n) is 6.37. The molecule has 3 aromatic rings. The van der Waals surface area contributed by atoms with Gasteiger partial charge in [0, 0.05) is 23.1 Å². The lowest BCUT2D eigenvalue weighted by Crippen LogP contribution is -2.38. The first-order chi connectivity index (χ1) is 17.9. The van der Waals surface area contributed by atoms with Crippen molar-refractivity contribution in [2.24, 2.45) is 5.41 Å². The normalized spacial score (nSPS) is 17.7. The maximum atomic E-state index is 12.9. The topological polar surface area (TPSA) is 164 Å². The lowest BCUT2D eigenvalue weighted by atomic mass is 9.72. The Morgan fingerprint density at radius 3 is 2.50 bits per heavy atom. The fourth-order valence-corrected chi connectivity index (χ4v) is 5.95. The number of anilines is 2. The van der Waals surface area contributed by atoms with Gasteiger partial charge in [-0.15, -0.1) is 0 Å². The van der Waals surface area contributed by atoms with Crippen molar-refractivity contribution in [1.82, 2.24) is 14.7 Å². The van der Waals surface area contributed by atoms with Crippen molar-refractivity contribution in [3.8, 4) is 0 Å². The molecule has 38 heavy (non-hydrogen) atoms. The number of amides is 1. The van der Waals surface area contributed by atoms with Crippen molar-refractivity contribution in [2.45, 2.75) is 44.4 Å². The Morgan fingerprint density at radius 1 is 1.18 bits per heavy atom. The summed E-state index contributed by atoms with van der Waals surface area (Å²) in [6, 6.07) is 10.9. The molecule has 1 fully saturated rings. The maximum Gasteiger partial charge on any atom is 0.356 e. The molecular weight excluding hydrogens is 530 g/mol. The average Bonchev–Trinajstić information content (AvgIpc) is 3.70. The van der Waals surface area contributed by atoms with Gasteiger partial charge < -0.3 is 16.2 Å².